The van der Waals surface area contributed by atoms with E-state index in [2.05, 4.69) is 41.2 Å². The van der Waals surface area contributed by atoms with Gasteiger partial charge in [0.15, 0.2) is 5.65 Å². The van der Waals surface area contributed by atoms with E-state index in [0.29, 0.717) is 30.8 Å². The number of nitrogens with zero attached hydrogens (tertiary/aromatic N) is 4. The summed E-state index contributed by atoms with van der Waals surface area (Å²) in [5.74, 6) is 2.31. The van der Waals surface area contributed by atoms with E-state index >= 15 is 0 Å². The summed E-state index contributed by atoms with van der Waals surface area (Å²) in [6.45, 7) is 11.6. The molecule has 1 saturated carbocycles. The Bertz CT molecular complexity index is 1030. The van der Waals surface area contributed by atoms with Crippen molar-refractivity contribution in [3.63, 3.8) is 0 Å². The predicted octanol–water partition coefficient (Wildman–Crippen LogP) is 4.52. The molecule has 1 aliphatic heterocycles. The number of aromatic nitrogens is 3. The van der Waals surface area contributed by atoms with Gasteiger partial charge >= 0.3 is 0 Å². The lowest BCUT2D eigenvalue weighted by atomic mass is 9.49. The van der Waals surface area contributed by atoms with E-state index in [1.54, 1.807) is 5.57 Å². The summed E-state index contributed by atoms with van der Waals surface area (Å²) in [6, 6.07) is 4.17. The molecule has 6 rings (SSSR count). The number of rotatable bonds is 8. The molecule has 1 amide bonds. The van der Waals surface area contributed by atoms with Crippen molar-refractivity contribution in [3.05, 3.63) is 35.7 Å². The SMILES string of the molecule is CCCC(=O)NCCn1nc(C2CCN(CC3=CC[C@@H]4C[C@@H]3C4(C)C)CC2)c2cccnc21. The van der Waals surface area contributed by atoms with Gasteiger partial charge in [0.25, 0.3) is 0 Å². The molecule has 178 valence electrons. The van der Waals surface area contributed by atoms with Gasteiger partial charge in [0.2, 0.25) is 5.91 Å². The Morgan fingerprint density at radius 2 is 2.09 bits per heavy atom. The molecule has 2 atom stereocenters. The van der Waals surface area contributed by atoms with Gasteiger partial charge in [0.1, 0.15) is 0 Å². The minimum Gasteiger partial charge on any atom is -0.354 e. The molecule has 2 fully saturated rings. The zero-order chi connectivity index (χ0) is 23.0. The molecule has 2 aromatic rings. The van der Waals surface area contributed by atoms with Gasteiger partial charge in [0.05, 0.1) is 12.2 Å². The van der Waals surface area contributed by atoms with Crippen LogP contribution in [0.2, 0.25) is 0 Å². The summed E-state index contributed by atoms with van der Waals surface area (Å²) < 4.78 is 1.99. The highest BCUT2D eigenvalue weighted by Crippen LogP contribution is 2.59. The van der Waals surface area contributed by atoms with Crippen molar-refractivity contribution in [2.75, 3.05) is 26.2 Å². The van der Waals surface area contributed by atoms with Crippen LogP contribution in [0.3, 0.4) is 0 Å². The highest BCUT2D eigenvalue weighted by atomic mass is 16.1. The van der Waals surface area contributed by atoms with E-state index in [1.807, 2.05) is 23.9 Å². The largest absolute Gasteiger partial charge is 0.354 e. The van der Waals surface area contributed by atoms with Gasteiger partial charge < -0.3 is 5.32 Å². The van der Waals surface area contributed by atoms with Crippen LogP contribution in [0.1, 0.15) is 70.9 Å². The lowest BCUT2D eigenvalue weighted by molar-refractivity contribution is -0.121. The molecule has 33 heavy (non-hydrogen) atoms. The van der Waals surface area contributed by atoms with Crippen LogP contribution in [0.5, 0.6) is 0 Å². The lowest BCUT2D eigenvalue weighted by Gasteiger charge is -2.57. The first-order chi connectivity index (χ1) is 16.0. The topological polar surface area (TPSA) is 63.1 Å². The lowest BCUT2D eigenvalue weighted by Crippen LogP contribution is -2.50. The maximum Gasteiger partial charge on any atom is 0.220 e. The monoisotopic (exact) mass is 449 g/mol. The predicted molar refractivity (Wildman–Crippen MR) is 132 cm³/mol. The third-order valence-corrected chi connectivity index (χ3v) is 8.62. The van der Waals surface area contributed by atoms with Crippen molar-refractivity contribution in [2.24, 2.45) is 17.3 Å². The number of piperidine rings is 1. The Hall–Kier alpha value is -2.21. The average Bonchev–Trinajstić information content (AvgIpc) is 3.18. The zero-order valence-corrected chi connectivity index (χ0v) is 20.5. The quantitative estimate of drug-likeness (QED) is 0.602. The second-order valence-electron chi connectivity index (χ2n) is 11.0. The molecule has 0 radical (unpaired) electrons. The third kappa shape index (κ3) is 4.34. The fourth-order valence-corrected chi connectivity index (χ4v) is 6.39. The molecule has 3 aliphatic carbocycles. The first-order valence-corrected chi connectivity index (χ1v) is 13.0. The van der Waals surface area contributed by atoms with Gasteiger partial charge in [-0.2, -0.15) is 5.10 Å². The summed E-state index contributed by atoms with van der Waals surface area (Å²) >= 11 is 0. The first kappa shape index (κ1) is 22.6. The van der Waals surface area contributed by atoms with E-state index in [4.69, 9.17) is 5.10 Å². The molecule has 0 aromatic carbocycles. The molecular formula is C27H39N5O. The Labute approximate surface area is 197 Å². The smallest absolute Gasteiger partial charge is 0.220 e. The fourth-order valence-electron chi connectivity index (χ4n) is 6.39. The van der Waals surface area contributed by atoms with E-state index in [0.717, 1.165) is 56.4 Å². The number of hydrogen-bond donors (Lipinski definition) is 1. The van der Waals surface area contributed by atoms with E-state index in [1.165, 1.54) is 23.9 Å². The van der Waals surface area contributed by atoms with Crippen molar-refractivity contribution in [1.82, 2.24) is 25.0 Å². The molecule has 0 unspecified atom stereocenters. The van der Waals surface area contributed by atoms with Gasteiger partial charge in [0, 0.05) is 37.0 Å². The van der Waals surface area contributed by atoms with E-state index in [9.17, 15) is 4.79 Å². The Morgan fingerprint density at radius 3 is 2.82 bits per heavy atom. The van der Waals surface area contributed by atoms with Crippen molar-refractivity contribution >= 4 is 16.9 Å². The summed E-state index contributed by atoms with van der Waals surface area (Å²) in [5.41, 5.74) is 4.34. The minimum atomic E-state index is 0.114. The molecule has 4 aliphatic rings. The Kier molecular flexibility index (Phi) is 6.30. The van der Waals surface area contributed by atoms with Crippen LogP contribution < -0.4 is 5.32 Å². The second kappa shape index (κ2) is 9.21. The molecule has 1 N–H and O–H groups in total. The second-order valence-corrected chi connectivity index (χ2v) is 11.0. The molecule has 2 bridgehead atoms. The standard InChI is InChI=1S/C27H39N5O/c1-4-6-24(33)28-13-16-32-26-22(7-5-12-29-26)25(30-32)19-10-14-31(15-11-19)18-20-8-9-21-17-23(20)27(21,2)3/h5,7-8,12,19,21,23H,4,6,9-11,13-18H2,1-3H3,(H,28,33)/t21-,23+/m1/s1. The molecule has 6 heteroatoms. The van der Waals surface area contributed by atoms with E-state index < -0.39 is 0 Å². The third-order valence-electron chi connectivity index (χ3n) is 8.62. The fraction of sp³-hybridized carbons (Fsp3) is 0.667. The molecular weight excluding hydrogens is 410 g/mol. The van der Waals surface area contributed by atoms with Crippen molar-refractivity contribution in [3.8, 4) is 0 Å². The molecule has 1 saturated heterocycles. The highest BCUT2D eigenvalue weighted by Gasteiger charge is 2.51. The van der Waals surface area contributed by atoms with Gasteiger partial charge in [-0.25, -0.2) is 9.67 Å². The number of pyridine rings is 1. The number of nitrogens with one attached hydrogen (secondary N) is 1. The van der Waals surface area contributed by atoms with Crippen LogP contribution in [0.25, 0.3) is 11.0 Å². The highest BCUT2D eigenvalue weighted by molar-refractivity contribution is 5.79. The van der Waals surface area contributed by atoms with Crippen LogP contribution in [0, 0.1) is 17.3 Å². The number of likely N-dealkylation sites (tertiary alicyclic amines) is 1. The van der Waals surface area contributed by atoms with Crippen molar-refractivity contribution in [2.45, 2.75) is 71.8 Å². The van der Waals surface area contributed by atoms with Gasteiger partial charge in [-0.15, -0.1) is 0 Å². The summed E-state index contributed by atoms with van der Waals surface area (Å²) in [5, 5.41) is 9.18. The van der Waals surface area contributed by atoms with Gasteiger partial charge in [-0.1, -0.05) is 32.4 Å². The molecule has 3 heterocycles. The number of allylic oxidation sites excluding steroid dienone is 1. The Morgan fingerprint density at radius 1 is 1.27 bits per heavy atom. The molecule has 2 aromatic heterocycles. The maximum atomic E-state index is 11.8. The van der Waals surface area contributed by atoms with Crippen LogP contribution in [0.15, 0.2) is 30.0 Å². The molecule has 0 spiro atoms. The Balaban J connectivity index is 1.22. The normalized spacial score (nSPS) is 25.0. The maximum absolute atomic E-state index is 11.8. The first-order valence-electron chi connectivity index (χ1n) is 13.0. The number of carbonyl (C=O) groups is 1. The summed E-state index contributed by atoms with van der Waals surface area (Å²) in [6.07, 6.45) is 10.8. The van der Waals surface area contributed by atoms with Crippen LogP contribution in [-0.2, 0) is 11.3 Å². The van der Waals surface area contributed by atoms with E-state index in [-0.39, 0.29) is 5.91 Å². The summed E-state index contributed by atoms with van der Waals surface area (Å²) in [7, 11) is 0. The van der Waals surface area contributed by atoms with Crippen molar-refractivity contribution < 1.29 is 4.79 Å². The van der Waals surface area contributed by atoms with Crippen molar-refractivity contribution in [1.29, 1.82) is 0 Å². The average molecular weight is 450 g/mol. The van der Waals surface area contributed by atoms with Gasteiger partial charge in [-0.05, 0) is 74.6 Å². The van der Waals surface area contributed by atoms with Crippen LogP contribution >= 0.6 is 0 Å². The van der Waals surface area contributed by atoms with Crippen LogP contribution in [0.4, 0.5) is 0 Å². The minimum absolute atomic E-state index is 0.114. The molecule has 6 nitrogen and oxygen atoms in total. The number of hydrogen-bond acceptors (Lipinski definition) is 4. The number of fused-ring (bicyclic) bond motifs is 2. The van der Waals surface area contributed by atoms with Gasteiger partial charge in [-0.3, -0.25) is 9.69 Å². The number of carbonyl (C=O) groups excluding carboxylic acids is 1. The number of amides is 1. The van der Waals surface area contributed by atoms with Crippen LogP contribution in [-0.4, -0.2) is 51.8 Å². The zero-order valence-electron chi connectivity index (χ0n) is 20.5. The summed E-state index contributed by atoms with van der Waals surface area (Å²) in [4.78, 5) is 19.1.